The molecule has 1 saturated heterocycles. The van der Waals surface area contributed by atoms with Crippen LogP contribution in [0, 0.1) is 0 Å². The lowest BCUT2D eigenvalue weighted by Gasteiger charge is -2.48. The van der Waals surface area contributed by atoms with Gasteiger partial charge in [0.2, 0.25) is 0 Å². The van der Waals surface area contributed by atoms with Crippen molar-refractivity contribution in [1.82, 2.24) is 4.90 Å². The molecule has 0 aliphatic carbocycles. The number of hydrogen-bond donors (Lipinski definition) is 0. The van der Waals surface area contributed by atoms with E-state index in [0.29, 0.717) is 36.9 Å². The molecule has 2 heterocycles. The van der Waals surface area contributed by atoms with E-state index in [2.05, 4.69) is 4.18 Å². The first-order chi connectivity index (χ1) is 14.5. The van der Waals surface area contributed by atoms with Gasteiger partial charge in [-0.2, -0.15) is 21.6 Å². The molecule has 180 valence electrons. The Morgan fingerprint density at radius 1 is 1.28 bits per heavy atom. The lowest BCUT2D eigenvalue weighted by atomic mass is 9.77. The number of benzene rings is 1. The van der Waals surface area contributed by atoms with Gasteiger partial charge in [0.25, 0.3) is 0 Å². The third-order valence-corrected chi connectivity index (χ3v) is 6.68. The molecule has 1 spiro atoms. The maximum absolute atomic E-state index is 12.7. The normalized spacial score (nSPS) is 24.2. The molecule has 0 radical (unpaired) electrons. The van der Waals surface area contributed by atoms with Crippen LogP contribution in [0.5, 0.6) is 5.75 Å². The molecule has 0 saturated carbocycles. The lowest BCUT2D eigenvalue weighted by Crippen LogP contribution is -2.53. The number of ether oxygens (including phenoxy) is 2. The third kappa shape index (κ3) is 4.94. The fraction of sp³-hybridized carbons (Fsp3) is 0.650. The summed E-state index contributed by atoms with van der Waals surface area (Å²) in [6.07, 6.45) is 0.744. The minimum atomic E-state index is -5.85. The molecule has 0 unspecified atom stereocenters. The number of hydrogen-bond acceptors (Lipinski definition) is 6. The molecule has 1 amide bonds. The topological polar surface area (TPSA) is 82.1 Å². The highest BCUT2D eigenvalue weighted by molar-refractivity contribution is 7.88. The predicted octanol–water partition coefficient (Wildman–Crippen LogP) is 4.76. The van der Waals surface area contributed by atoms with Crippen molar-refractivity contribution in [2.75, 3.05) is 13.2 Å². The van der Waals surface area contributed by atoms with Gasteiger partial charge in [0, 0.05) is 19.0 Å². The summed E-state index contributed by atoms with van der Waals surface area (Å²) < 4.78 is 76.7. The zero-order valence-corrected chi connectivity index (χ0v) is 19.7. The van der Waals surface area contributed by atoms with Gasteiger partial charge in [-0.15, -0.1) is 0 Å². The summed E-state index contributed by atoms with van der Waals surface area (Å²) in [6, 6.07) is 2.37. The van der Waals surface area contributed by atoms with Crippen molar-refractivity contribution in [2.24, 2.45) is 0 Å². The van der Waals surface area contributed by atoms with Gasteiger partial charge in [0.15, 0.2) is 5.75 Å². The molecule has 1 aromatic carbocycles. The Balaban J connectivity index is 1.88. The van der Waals surface area contributed by atoms with E-state index in [1.807, 2.05) is 6.92 Å². The van der Waals surface area contributed by atoms with Gasteiger partial charge in [-0.1, -0.05) is 11.6 Å². The monoisotopic (exact) mass is 499 g/mol. The number of nitrogens with zero attached hydrogens (tertiary/aromatic N) is 1. The van der Waals surface area contributed by atoms with Crippen LogP contribution in [-0.2, 0) is 31.6 Å². The highest BCUT2D eigenvalue weighted by Crippen LogP contribution is 2.46. The second-order valence-electron chi connectivity index (χ2n) is 8.99. The molecular weight excluding hydrogens is 475 g/mol. The van der Waals surface area contributed by atoms with E-state index in [-0.39, 0.29) is 17.7 Å². The average Bonchev–Trinajstić information content (AvgIpc) is 2.60. The van der Waals surface area contributed by atoms with Crippen LogP contribution in [0.3, 0.4) is 0 Å². The average molecular weight is 500 g/mol. The number of piperidine rings is 1. The van der Waals surface area contributed by atoms with Crippen LogP contribution in [0.1, 0.15) is 51.7 Å². The second-order valence-corrected chi connectivity index (χ2v) is 10.9. The quantitative estimate of drug-likeness (QED) is 0.431. The van der Waals surface area contributed by atoms with Gasteiger partial charge >= 0.3 is 21.7 Å². The van der Waals surface area contributed by atoms with Gasteiger partial charge in [-0.3, -0.25) is 0 Å². The fourth-order valence-electron chi connectivity index (χ4n) is 4.07. The maximum atomic E-state index is 12.7. The predicted molar refractivity (Wildman–Crippen MR) is 110 cm³/mol. The van der Waals surface area contributed by atoms with Crippen molar-refractivity contribution in [2.45, 2.75) is 69.7 Å². The molecule has 1 aromatic rings. The Bertz CT molecular complexity index is 1010. The molecule has 32 heavy (non-hydrogen) atoms. The zero-order valence-electron chi connectivity index (χ0n) is 18.1. The second kappa shape index (κ2) is 8.25. The molecular formula is C20H25ClF3NO6S. The first kappa shape index (κ1) is 24.9. The third-order valence-electron chi connectivity index (χ3n) is 5.42. The first-order valence-electron chi connectivity index (χ1n) is 10.0. The van der Waals surface area contributed by atoms with Gasteiger partial charge in [-0.25, -0.2) is 4.79 Å². The maximum Gasteiger partial charge on any atom is 0.534 e. The molecule has 3 rings (SSSR count). The van der Waals surface area contributed by atoms with Crippen LogP contribution in [0.25, 0.3) is 0 Å². The van der Waals surface area contributed by atoms with Crippen LogP contribution >= 0.6 is 11.6 Å². The number of carbonyl (C=O) groups is 1. The van der Waals surface area contributed by atoms with Crippen LogP contribution in [-0.4, -0.2) is 49.7 Å². The summed E-state index contributed by atoms with van der Waals surface area (Å²) in [6.45, 7) is 7.82. The summed E-state index contributed by atoms with van der Waals surface area (Å²) in [5.41, 5.74) is -5.77. The highest BCUT2D eigenvalue weighted by Gasteiger charge is 2.49. The van der Waals surface area contributed by atoms with Crippen LogP contribution in [0.4, 0.5) is 18.0 Å². The number of rotatable bonds is 2. The number of fused-ring (bicyclic) bond motifs is 2. The molecule has 0 N–H and O–H groups in total. The molecule has 2 aliphatic heterocycles. The number of alkyl halides is 3. The molecule has 0 bridgehead atoms. The zero-order chi connectivity index (χ0) is 24.1. The van der Waals surface area contributed by atoms with E-state index < -0.39 is 38.7 Å². The van der Waals surface area contributed by atoms with Crippen molar-refractivity contribution in [3.05, 3.63) is 28.3 Å². The smallest absolute Gasteiger partial charge is 0.444 e. The number of likely N-dealkylation sites (tertiary alicyclic amines) is 1. The molecule has 1 fully saturated rings. The first-order valence-corrected chi connectivity index (χ1v) is 11.8. The Kier molecular flexibility index (Phi) is 6.42. The standard InChI is InChI=1S/C20H25ClF3NO6S/c1-12-11-19(6-7-25(12)17(26)30-18(2,3)4)14-10-15(21)16(9-13(14)5-8-29-19)31-32(27,28)20(22,23)24/h9-10,12H,5-8,11H2,1-4H3/t12-,19+/m0/s1. The lowest BCUT2D eigenvalue weighted by molar-refractivity contribution is -0.110. The van der Waals surface area contributed by atoms with Crippen molar-refractivity contribution >= 4 is 27.8 Å². The Hall–Kier alpha value is -1.72. The summed E-state index contributed by atoms with van der Waals surface area (Å²) in [5.74, 6) is -0.584. The van der Waals surface area contributed by atoms with Crippen LogP contribution < -0.4 is 4.18 Å². The van der Waals surface area contributed by atoms with E-state index in [1.165, 1.54) is 12.1 Å². The van der Waals surface area contributed by atoms with E-state index in [9.17, 15) is 26.4 Å². The summed E-state index contributed by atoms with van der Waals surface area (Å²) in [5, 5.41) is -0.274. The largest absolute Gasteiger partial charge is 0.534 e. The number of halogens is 4. The Labute approximate surface area is 189 Å². The fourth-order valence-corrected chi connectivity index (χ4v) is 4.79. The Morgan fingerprint density at radius 2 is 1.94 bits per heavy atom. The summed E-state index contributed by atoms with van der Waals surface area (Å²) >= 11 is 6.11. The van der Waals surface area contributed by atoms with Crippen molar-refractivity contribution in [3.8, 4) is 5.75 Å². The molecule has 7 nitrogen and oxygen atoms in total. The van der Waals surface area contributed by atoms with E-state index in [0.717, 1.165) is 0 Å². The summed E-state index contributed by atoms with van der Waals surface area (Å²) in [4.78, 5) is 14.1. The van der Waals surface area contributed by atoms with Crippen molar-refractivity contribution < 1.29 is 40.0 Å². The minimum absolute atomic E-state index is 0.246. The van der Waals surface area contributed by atoms with Gasteiger partial charge < -0.3 is 18.6 Å². The summed E-state index contributed by atoms with van der Waals surface area (Å²) in [7, 11) is -5.85. The van der Waals surface area contributed by atoms with Gasteiger partial charge in [-0.05, 0) is 63.8 Å². The van der Waals surface area contributed by atoms with E-state index >= 15 is 0 Å². The van der Waals surface area contributed by atoms with Crippen LogP contribution in [0.2, 0.25) is 5.02 Å². The number of amides is 1. The molecule has 2 atom stereocenters. The number of carbonyl (C=O) groups excluding carboxylic acids is 1. The minimum Gasteiger partial charge on any atom is -0.444 e. The van der Waals surface area contributed by atoms with Crippen LogP contribution in [0.15, 0.2) is 12.1 Å². The highest BCUT2D eigenvalue weighted by atomic mass is 35.5. The van der Waals surface area contributed by atoms with E-state index in [4.69, 9.17) is 21.1 Å². The molecule has 12 heteroatoms. The van der Waals surface area contributed by atoms with Crippen molar-refractivity contribution in [3.63, 3.8) is 0 Å². The van der Waals surface area contributed by atoms with E-state index in [1.54, 1.807) is 25.7 Å². The molecule has 2 aliphatic rings. The molecule has 0 aromatic heterocycles. The van der Waals surface area contributed by atoms with Crippen molar-refractivity contribution in [1.29, 1.82) is 0 Å². The van der Waals surface area contributed by atoms with Gasteiger partial charge in [0.1, 0.15) is 5.60 Å². The van der Waals surface area contributed by atoms with Gasteiger partial charge in [0.05, 0.1) is 17.2 Å². The SMILES string of the molecule is C[C@H]1C[C@@]2(CCN1C(=O)OC(C)(C)C)OCCc1cc(OS(=O)(=O)C(F)(F)F)c(Cl)cc12. The Morgan fingerprint density at radius 3 is 2.50 bits per heavy atom.